The van der Waals surface area contributed by atoms with Gasteiger partial charge in [-0.2, -0.15) is 0 Å². The molecule has 0 aliphatic carbocycles. The van der Waals surface area contributed by atoms with E-state index in [2.05, 4.69) is 30.7 Å². The Labute approximate surface area is 103 Å². The predicted octanol–water partition coefficient (Wildman–Crippen LogP) is -0.517. The fraction of sp³-hybridized carbons (Fsp3) is 0.444. The van der Waals surface area contributed by atoms with E-state index in [4.69, 9.17) is 9.47 Å². The molecule has 0 fully saturated rings. The summed E-state index contributed by atoms with van der Waals surface area (Å²) in [7, 11) is 3.10. The summed E-state index contributed by atoms with van der Waals surface area (Å²) < 4.78 is 11.6. The lowest BCUT2D eigenvalue weighted by Crippen LogP contribution is -2.24. The van der Waals surface area contributed by atoms with E-state index in [-0.39, 0.29) is 6.29 Å². The molecule has 1 N–H and O–H groups in total. The molecule has 0 amide bonds. The Hall–Kier alpha value is -2.13. The Morgan fingerprint density at radius 3 is 2.50 bits per heavy atom. The van der Waals surface area contributed by atoms with E-state index in [1.807, 2.05) is 0 Å². The molecule has 0 radical (unpaired) electrons. The van der Waals surface area contributed by atoms with Crippen molar-refractivity contribution in [2.24, 2.45) is 0 Å². The number of aromatic nitrogens is 6. The number of hydrogen-bond donors (Lipinski definition) is 1. The van der Waals surface area contributed by atoms with E-state index in [9.17, 15) is 0 Å². The SMILES string of the molecule is COC(CNc1nnc(-n2ccnc2)nn1)OC. The highest BCUT2D eigenvalue weighted by atomic mass is 16.7. The van der Waals surface area contributed by atoms with Gasteiger partial charge in [0.05, 0.1) is 6.54 Å². The normalized spacial score (nSPS) is 10.8. The lowest BCUT2D eigenvalue weighted by atomic mass is 10.6. The van der Waals surface area contributed by atoms with Gasteiger partial charge in [-0.3, -0.25) is 4.57 Å². The van der Waals surface area contributed by atoms with Crippen LogP contribution in [0.15, 0.2) is 18.7 Å². The average Bonchev–Trinajstić information content (AvgIpc) is 2.94. The number of imidazole rings is 1. The third-order valence-corrected chi connectivity index (χ3v) is 2.16. The van der Waals surface area contributed by atoms with Crippen LogP contribution in [0.5, 0.6) is 0 Å². The number of hydrogen-bond acceptors (Lipinski definition) is 8. The van der Waals surface area contributed by atoms with Crippen LogP contribution < -0.4 is 5.32 Å². The Kier molecular flexibility index (Phi) is 4.10. The van der Waals surface area contributed by atoms with E-state index in [1.165, 1.54) is 0 Å². The largest absolute Gasteiger partial charge is 0.354 e. The molecule has 2 heterocycles. The van der Waals surface area contributed by atoms with Gasteiger partial charge < -0.3 is 14.8 Å². The summed E-state index contributed by atoms with van der Waals surface area (Å²) in [5, 5.41) is 18.5. The summed E-state index contributed by atoms with van der Waals surface area (Å²) in [6.07, 6.45) is 4.52. The Morgan fingerprint density at radius 1 is 1.22 bits per heavy atom. The monoisotopic (exact) mass is 251 g/mol. The Morgan fingerprint density at radius 2 is 1.94 bits per heavy atom. The summed E-state index contributed by atoms with van der Waals surface area (Å²) in [6, 6.07) is 0. The van der Waals surface area contributed by atoms with Crippen LogP contribution in [0.3, 0.4) is 0 Å². The molecule has 0 aliphatic rings. The van der Waals surface area contributed by atoms with Crippen molar-refractivity contribution in [1.82, 2.24) is 29.9 Å². The van der Waals surface area contributed by atoms with Gasteiger partial charge >= 0.3 is 0 Å². The molecule has 0 saturated carbocycles. The molecule has 9 heteroatoms. The van der Waals surface area contributed by atoms with Gasteiger partial charge in [-0.15, -0.1) is 20.4 Å². The first kappa shape index (κ1) is 12.3. The van der Waals surface area contributed by atoms with Gasteiger partial charge in [0.2, 0.25) is 0 Å². The topological polar surface area (TPSA) is 99.9 Å². The van der Waals surface area contributed by atoms with Crippen molar-refractivity contribution in [2.75, 3.05) is 26.1 Å². The quantitative estimate of drug-likeness (QED) is 0.685. The zero-order valence-corrected chi connectivity index (χ0v) is 10.0. The third kappa shape index (κ3) is 2.96. The van der Waals surface area contributed by atoms with Crippen molar-refractivity contribution >= 4 is 5.95 Å². The summed E-state index contributed by atoms with van der Waals surface area (Å²) in [6.45, 7) is 0.404. The van der Waals surface area contributed by atoms with Gasteiger partial charge in [-0.1, -0.05) is 0 Å². The minimum atomic E-state index is -0.373. The molecule has 0 aromatic carbocycles. The average molecular weight is 251 g/mol. The van der Waals surface area contributed by atoms with Crippen molar-refractivity contribution in [3.63, 3.8) is 0 Å². The molecule has 0 aliphatic heterocycles. The molecule has 0 bridgehead atoms. The summed E-state index contributed by atoms with van der Waals surface area (Å²) in [5.74, 6) is 0.658. The maximum Gasteiger partial charge on any atom is 0.274 e. The summed E-state index contributed by atoms with van der Waals surface area (Å²) in [5.41, 5.74) is 0. The van der Waals surface area contributed by atoms with Crippen LogP contribution in [0.25, 0.3) is 5.95 Å². The highest BCUT2D eigenvalue weighted by Gasteiger charge is 2.07. The highest BCUT2D eigenvalue weighted by molar-refractivity contribution is 5.20. The second-order valence-corrected chi connectivity index (χ2v) is 3.28. The van der Waals surface area contributed by atoms with Crippen LogP contribution in [0.1, 0.15) is 0 Å². The molecule has 9 nitrogen and oxygen atoms in total. The van der Waals surface area contributed by atoms with Crippen LogP contribution in [0.2, 0.25) is 0 Å². The van der Waals surface area contributed by atoms with Crippen LogP contribution in [-0.4, -0.2) is 57.0 Å². The molecule has 18 heavy (non-hydrogen) atoms. The van der Waals surface area contributed by atoms with Crippen molar-refractivity contribution in [2.45, 2.75) is 6.29 Å². The number of nitrogens with one attached hydrogen (secondary N) is 1. The Bertz CT molecular complexity index is 454. The van der Waals surface area contributed by atoms with E-state index < -0.39 is 0 Å². The molecule has 2 rings (SSSR count). The van der Waals surface area contributed by atoms with E-state index in [0.717, 1.165) is 0 Å². The smallest absolute Gasteiger partial charge is 0.274 e. The van der Waals surface area contributed by atoms with Gasteiger partial charge in [0.25, 0.3) is 11.9 Å². The first-order valence-electron chi connectivity index (χ1n) is 5.18. The molecular formula is C9H13N7O2. The zero-order valence-electron chi connectivity index (χ0n) is 10.0. The molecule has 96 valence electrons. The maximum atomic E-state index is 5.01. The number of nitrogens with zero attached hydrogens (tertiary/aromatic N) is 6. The van der Waals surface area contributed by atoms with Crippen LogP contribution in [-0.2, 0) is 9.47 Å². The van der Waals surface area contributed by atoms with Crippen LogP contribution >= 0.6 is 0 Å². The van der Waals surface area contributed by atoms with Crippen molar-refractivity contribution in [3.8, 4) is 5.95 Å². The molecule has 0 atom stereocenters. The molecule has 0 saturated heterocycles. The molecule has 2 aromatic heterocycles. The number of methoxy groups -OCH3 is 2. The summed E-state index contributed by atoms with van der Waals surface area (Å²) >= 11 is 0. The van der Waals surface area contributed by atoms with Gasteiger partial charge in [0.15, 0.2) is 6.29 Å². The molecular weight excluding hydrogens is 238 g/mol. The predicted molar refractivity (Wildman–Crippen MR) is 61.0 cm³/mol. The van der Waals surface area contributed by atoms with Gasteiger partial charge in [-0.05, 0) is 0 Å². The fourth-order valence-electron chi connectivity index (χ4n) is 1.21. The van der Waals surface area contributed by atoms with Crippen molar-refractivity contribution in [3.05, 3.63) is 18.7 Å². The number of anilines is 1. The second-order valence-electron chi connectivity index (χ2n) is 3.28. The molecule has 0 spiro atoms. The summed E-state index contributed by atoms with van der Waals surface area (Å²) in [4.78, 5) is 3.88. The van der Waals surface area contributed by atoms with Gasteiger partial charge in [0.1, 0.15) is 6.33 Å². The maximum absolute atomic E-state index is 5.01. The fourth-order valence-corrected chi connectivity index (χ4v) is 1.21. The first-order valence-corrected chi connectivity index (χ1v) is 5.18. The van der Waals surface area contributed by atoms with E-state index in [1.54, 1.807) is 37.5 Å². The van der Waals surface area contributed by atoms with Crippen LogP contribution in [0, 0.1) is 0 Å². The van der Waals surface area contributed by atoms with E-state index in [0.29, 0.717) is 18.4 Å². The third-order valence-electron chi connectivity index (χ3n) is 2.16. The van der Waals surface area contributed by atoms with Gasteiger partial charge in [0, 0.05) is 26.6 Å². The van der Waals surface area contributed by atoms with Crippen LogP contribution in [0.4, 0.5) is 5.95 Å². The lowest BCUT2D eigenvalue weighted by molar-refractivity contribution is -0.0915. The van der Waals surface area contributed by atoms with E-state index >= 15 is 0 Å². The number of ether oxygens (including phenoxy) is 2. The number of rotatable bonds is 6. The first-order chi connectivity index (χ1) is 8.83. The lowest BCUT2D eigenvalue weighted by Gasteiger charge is -2.13. The minimum absolute atomic E-state index is 0.304. The molecule has 2 aromatic rings. The molecule has 0 unspecified atom stereocenters. The standard InChI is InChI=1S/C9H13N7O2/c1-17-7(18-2)5-11-8-12-14-9(15-13-8)16-4-3-10-6-16/h3-4,6-7H,5H2,1-2H3,(H,11,12,13). The van der Waals surface area contributed by atoms with Gasteiger partial charge in [-0.25, -0.2) is 4.98 Å². The minimum Gasteiger partial charge on any atom is -0.354 e. The highest BCUT2D eigenvalue weighted by Crippen LogP contribution is 1.99. The Balaban J connectivity index is 1.96. The zero-order chi connectivity index (χ0) is 12.8. The second kappa shape index (κ2) is 5.98. The van der Waals surface area contributed by atoms with Crippen molar-refractivity contribution < 1.29 is 9.47 Å². The van der Waals surface area contributed by atoms with Crippen molar-refractivity contribution in [1.29, 1.82) is 0 Å².